The van der Waals surface area contributed by atoms with E-state index in [1.54, 1.807) is 24.4 Å². The van der Waals surface area contributed by atoms with Crippen molar-refractivity contribution in [2.24, 2.45) is 5.92 Å². The van der Waals surface area contributed by atoms with Crippen LogP contribution in [0.25, 0.3) is 0 Å². The van der Waals surface area contributed by atoms with Crippen LogP contribution in [-0.4, -0.2) is 37.6 Å². The molecule has 0 spiro atoms. The molecule has 6 nitrogen and oxygen atoms in total. The van der Waals surface area contributed by atoms with Crippen molar-refractivity contribution < 1.29 is 26.4 Å². The fraction of sp³-hybridized carbons (Fsp3) is 0.429. The number of hydrogen-bond acceptors (Lipinski definition) is 5. The Labute approximate surface area is 179 Å². The molecule has 1 aliphatic carbocycles. The smallest absolute Gasteiger partial charge is 0.310 e. The van der Waals surface area contributed by atoms with Gasteiger partial charge >= 0.3 is 6.18 Å². The fourth-order valence-corrected chi connectivity index (χ4v) is 5.41. The van der Waals surface area contributed by atoms with E-state index in [1.165, 1.54) is 6.07 Å². The Morgan fingerprint density at radius 3 is 2.45 bits per heavy atom. The molecule has 0 bridgehead atoms. The van der Waals surface area contributed by atoms with E-state index >= 15 is 0 Å². The summed E-state index contributed by atoms with van der Waals surface area (Å²) in [6, 6.07) is 9.17. The number of aromatic nitrogens is 1. The molecule has 2 aromatic rings. The van der Waals surface area contributed by atoms with Crippen LogP contribution < -0.4 is 10.6 Å². The normalized spacial score (nSPS) is 19.7. The van der Waals surface area contributed by atoms with E-state index in [9.17, 15) is 26.4 Å². The van der Waals surface area contributed by atoms with Gasteiger partial charge in [-0.15, -0.1) is 0 Å². The van der Waals surface area contributed by atoms with E-state index in [0.717, 1.165) is 12.1 Å². The first kappa shape index (κ1) is 23.2. The van der Waals surface area contributed by atoms with Crippen LogP contribution in [0.1, 0.15) is 31.2 Å². The zero-order chi connectivity index (χ0) is 22.5. The van der Waals surface area contributed by atoms with Gasteiger partial charge in [0.1, 0.15) is 5.82 Å². The van der Waals surface area contributed by atoms with E-state index in [-0.39, 0.29) is 35.1 Å². The first-order valence-electron chi connectivity index (χ1n) is 9.98. The van der Waals surface area contributed by atoms with Gasteiger partial charge < -0.3 is 10.6 Å². The predicted molar refractivity (Wildman–Crippen MR) is 110 cm³/mol. The third-order valence-corrected chi connectivity index (χ3v) is 7.19. The number of nitrogens with zero attached hydrogens (tertiary/aromatic N) is 1. The van der Waals surface area contributed by atoms with Crippen molar-refractivity contribution >= 4 is 21.6 Å². The summed E-state index contributed by atoms with van der Waals surface area (Å²) in [4.78, 5) is 15.7. The predicted octanol–water partition coefficient (Wildman–Crippen LogP) is 3.66. The van der Waals surface area contributed by atoms with E-state index in [1.807, 2.05) is 0 Å². The molecule has 1 amide bonds. The van der Waals surface area contributed by atoms with Gasteiger partial charge in [0.25, 0.3) is 0 Å². The van der Waals surface area contributed by atoms with Gasteiger partial charge in [0.05, 0.1) is 22.8 Å². The molecule has 0 unspecified atom stereocenters. The second kappa shape index (κ2) is 9.78. The number of alkyl halides is 3. The second-order valence-electron chi connectivity index (χ2n) is 7.67. The molecule has 168 valence electrons. The molecule has 0 radical (unpaired) electrons. The minimum absolute atomic E-state index is 0.0852. The lowest BCUT2D eigenvalue weighted by molar-refractivity contribution is -0.137. The molecule has 31 heavy (non-hydrogen) atoms. The lowest BCUT2D eigenvalue weighted by atomic mass is 9.87. The largest absolute Gasteiger partial charge is 0.416 e. The summed E-state index contributed by atoms with van der Waals surface area (Å²) in [5.41, 5.74) is -0.967. The SMILES string of the molecule is O=C(CNC1CCC(CS(=O)(=O)c2cccc(C(F)(F)F)c2)CC1)Nc1ccccn1. The van der Waals surface area contributed by atoms with Gasteiger partial charge in [0.2, 0.25) is 5.91 Å². The Morgan fingerprint density at radius 2 is 1.81 bits per heavy atom. The highest BCUT2D eigenvalue weighted by Crippen LogP contribution is 2.32. The van der Waals surface area contributed by atoms with E-state index in [0.29, 0.717) is 37.6 Å². The number of halogens is 3. The minimum Gasteiger partial charge on any atom is -0.310 e. The highest BCUT2D eigenvalue weighted by Gasteiger charge is 2.32. The number of nitrogens with one attached hydrogen (secondary N) is 2. The summed E-state index contributed by atoms with van der Waals surface area (Å²) in [7, 11) is -3.81. The number of hydrogen-bond donors (Lipinski definition) is 2. The summed E-state index contributed by atoms with van der Waals surface area (Å²) in [5, 5.41) is 5.85. The molecule has 3 rings (SSSR count). The van der Waals surface area contributed by atoms with Crippen LogP contribution in [-0.2, 0) is 20.8 Å². The minimum atomic E-state index is -4.59. The van der Waals surface area contributed by atoms with Gasteiger partial charge in [-0.2, -0.15) is 13.2 Å². The molecular formula is C21H24F3N3O3S. The van der Waals surface area contributed by atoms with E-state index in [2.05, 4.69) is 15.6 Å². The van der Waals surface area contributed by atoms with Crippen molar-refractivity contribution in [3.05, 3.63) is 54.2 Å². The van der Waals surface area contributed by atoms with Gasteiger partial charge in [-0.3, -0.25) is 4.79 Å². The van der Waals surface area contributed by atoms with Crippen LogP contribution in [0.5, 0.6) is 0 Å². The molecule has 0 saturated heterocycles. The zero-order valence-electron chi connectivity index (χ0n) is 16.7. The number of carbonyl (C=O) groups is 1. The fourth-order valence-electron chi connectivity index (χ4n) is 3.67. The van der Waals surface area contributed by atoms with E-state index < -0.39 is 21.6 Å². The number of rotatable bonds is 7. The summed E-state index contributed by atoms with van der Waals surface area (Å²) in [6.45, 7) is 0.119. The molecule has 1 aromatic carbocycles. The second-order valence-corrected chi connectivity index (χ2v) is 9.70. The third-order valence-electron chi connectivity index (χ3n) is 5.31. The van der Waals surface area contributed by atoms with Gasteiger partial charge in [-0.25, -0.2) is 13.4 Å². The van der Waals surface area contributed by atoms with Crippen molar-refractivity contribution in [3.8, 4) is 0 Å². The maximum atomic E-state index is 12.9. The first-order valence-corrected chi connectivity index (χ1v) is 11.6. The molecule has 0 aliphatic heterocycles. The Balaban J connectivity index is 1.47. The monoisotopic (exact) mass is 455 g/mol. The topological polar surface area (TPSA) is 88.2 Å². The number of carbonyl (C=O) groups excluding carboxylic acids is 1. The molecule has 0 atom stereocenters. The highest BCUT2D eigenvalue weighted by atomic mass is 32.2. The van der Waals surface area contributed by atoms with E-state index in [4.69, 9.17) is 0 Å². The van der Waals surface area contributed by atoms with Crippen LogP contribution in [0.2, 0.25) is 0 Å². The van der Waals surface area contributed by atoms with Crippen molar-refractivity contribution in [2.75, 3.05) is 17.6 Å². The van der Waals surface area contributed by atoms with Crippen molar-refractivity contribution in [2.45, 2.75) is 42.8 Å². The molecule has 10 heteroatoms. The zero-order valence-corrected chi connectivity index (χ0v) is 17.5. The number of amides is 1. The molecule has 1 fully saturated rings. The van der Waals surface area contributed by atoms with Crippen LogP contribution in [0.3, 0.4) is 0 Å². The lowest BCUT2D eigenvalue weighted by Gasteiger charge is -2.29. The van der Waals surface area contributed by atoms with Crippen LogP contribution >= 0.6 is 0 Å². The molecule has 1 aliphatic rings. The van der Waals surface area contributed by atoms with Gasteiger partial charge in [0.15, 0.2) is 9.84 Å². The van der Waals surface area contributed by atoms with Gasteiger partial charge in [0, 0.05) is 12.2 Å². The number of pyridine rings is 1. The Hall–Kier alpha value is -2.46. The van der Waals surface area contributed by atoms with Gasteiger partial charge in [-0.05, 0) is 61.9 Å². The number of anilines is 1. The summed E-state index contributed by atoms with van der Waals surface area (Å²) in [5.74, 6) is -0.0491. The summed E-state index contributed by atoms with van der Waals surface area (Å²) < 4.78 is 63.8. The maximum absolute atomic E-state index is 12.9. The van der Waals surface area contributed by atoms with Crippen LogP contribution in [0, 0.1) is 5.92 Å². The molecule has 2 N–H and O–H groups in total. The average molecular weight is 456 g/mol. The third kappa shape index (κ3) is 6.76. The van der Waals surface area contributed by atoms with Crippen molar-refractivity contribution in [1.29, 1.82) is 0 Å². The quantitative estimate of drug-likeness (QED) is 0.665. The molecule has 1 heterocycles. The molecule has 1 saturated carbocycles. The van der Waals surface area contributed by atoms with Gasteiger partial charge in [-0.1, -0.05) is 12.1 Å². The van der Waals surface area contributed by atoms with Crippen molar-refractivity contribution in [1.82, 2.24) is 10.3 Å². The highest BCUT2D eigenvalue weighted by molar-refractivity contribution is 7.91. The standard InChI is InChI=1S/C21H24F3N3O3S/c22-21(23,24)16-4-3-5-18(12-16)31(29,30)14-15-7-9-17(10-8-15)26-13-20(28)27-19-6-1-2-11-25-19/h1-6,11-12,15,17,26H,7-10,13-14H2,(H,25,27,28). The number of sulfone groups is 1. The first-order chi connectivity index (χ1) is 14.6. The molecular weight excluding hydrogens is 431 g/mol. The summed E-state index contributed by atoms with van der Waals surface area (Å²) in [6.07, 6.45) is -0.370. The Kier molecular flexibility index (Phi) is 7.32. The number of benzene rings is 1. The Morgan fingerprint density at radius 1 is 1.06 bits per heavy atom. The van der Waals surface area contributed by atoms with Crippen molar-refractivity contribution in [3.63, 3.8) is 0 Å². The maximum Gasteiger partial charge on any atom is 0.416 e. The van der Waals surface area contributed by atoms with Crippen LogP contribution in [0.15, 0.2) is 53.6 Å². The Bertz CT molecular complexity index is 990. The average Bonchev–Trinajstić information content (AvgIpc) is 2.73. The lowest BCUT2D eigenvalue weighted by Crippen LogP contribution is -2.39. The van der Waals surface area contributed by atoms with Crippen LogP contribution in [0.4, 0.5) is 19.0 Å². The summed E-state index contributed by atoms with van der Waals surface area (Å²) >= 11 is 0. The molecule has 1 aromatic heterocycles.